The summed E-state index contributed by atoms with van der Waals surface area (Å²) in [7, 11) is 5.41. The molecule has 0 saturated heterocycles. The molecular weight excluding hydrogens is 341 g/mol. The molecule has 22 heavy (non-hydrogen) atoms. The average Bonchev–Trinajstić information content (AvgIpc) is 2.69. The molecule has 0 unspecified atom stereocenters. The highest BCUT2D eigenvalue weighted by Gasteiger charge is 2.27. The summed E-state index contributed by atoms with van der Waals surface area (Å²) in [5.41, 5.74) is 2.33. The summed E-state index contributed by atoms with van der Waals surface area (Å²) in [5, 5.41) is 6.92. The first-order chi connectivity index (χ1) is 10.3. The molecule has 0 bridgehead atoms. The smallest absolute Gasteiger partial charge is 0.277 e. The third-order valence-corrected chi connectivity index (χ3v) is 4.97. The van der Waals surface area contributed by atoms with Crippen molar-refractivity contribution in [2.45, 2.75) is 11.8 Å². The quantitative estimate of drug-likeness (QED) is 0.609. The van der Waals surface area contributed by atoms with E-state index in [0.29, 0.717) is 21.4 Å². The minimum Gasteiger partial charge on any atom is -0.383 e. The molecule has 1 aromatic carbocycles. The predicted octanol–water partition coefficient (Wildman–Crippen LogP) is 3.67. The number of carbonyl (C=O) groups is 1. The van der Waals surface area contributed by atoms with E-state index < -0.39 is 0 Å². The molecule has 0 fully saturated rings. The van der Waals surface area contributed by atoms with E-state index in [0.717, 1.165) is 16.2 Å². The molecule has 1 aliphatic heterocycles. The van der Waals surface area contributed by atoms with E-state index in [9.17, 15) is 4.79 Å². The number of likely N-dealkylation sites (N-methyl/N-ethyl adjacent to an activating group) is 1. The highest BCUT2D eigenvalue weighted by Crippen LogP contribution is 2.33. The lowest BCUT2D eigenvalue weighted by Crippen LogP contribution is -2.19. The van der Waals surface area contributed by atoms with Crippen molar-refractivity contribution >= 4 is 46.6 Å². The van der Waals surface area contributed by atoms with Crippen molar-refractivity contribution in [2.75, 3.05) is 26.9 Å². The highest BCUT2D eigenvalue weighted by atomic mass is 35.5. The first-order valence-corrected chi connectivity index (χ1v) is 8.36. The minimum absolute atomic E-state index is 0.0947. The van der Waals surface area contributed by atoms with Gasteiger partial charge in [-0.15, -0.1) is 11.8 Å². The number of thioether (sulfide) groups is 1. The van der Waals surface area contributed by atoms with Crippen LogP contribution in [0.1, 0.15) is 5.56 Å². The molecule has 1 aromatic rings. The lowest BCUT2D eigenvalue weighted by Gasteiger charge is -2.09. The number of benzene rings is 1. The van der Waals surface area contributed by atoms with Gasteiger partial charge in [0.2, 0.25) is 0 Å². The largest absolute Gasteiger partial charge is 0.383 e. The van der Waals surface area contributed by atoms with Crippen LogP contribution in [-0.2, 0) is 4.79 Å². The fraction of sp³-hybridized carbons (Fsp3) is 0.333. The summed E-state index contributed by atoms with van der Waals surface area (Å²) in [5.74, 6) is 0.471. The molecule has 7 heteroatoms. The van der Waals surface area contributed by atoms with Crippen molar-refractivity contribution < 1.29 is 4.79 Å². The topological polar surface area (TPSA) is 35.9 Å². The van der Waals surface area contributed by atoms with Gasteiger partial charge in [-0.2, -0.15) is 5.10 Å². The maximum atomic E-state index is 12.1. The Bertz CT molecular complexity index is 671. The minimum atomic E-state index is -0.0947. The second-order valence-corrected chi connectivity index (χ2v) is 7.03. The second-order valence-electron chi connectivity index (χ2n) is 5.20. The molecular formula is C15H17Cl2N3OS. The Labute approximate surface area is 144 Å². The number of halogens is 2. The maximum Gasteiger partial charge on any atom is 0.277 e. The molecule has 0 aromatic heterocycles. The van der Waals surface area contributed by atoms with E-state index in [1.54, 1.807) is 31.1 Å². The Morgan fingerprint density at radius 3 is 2.64 bits per heavy atom. The number of nitrogens with zero attached hydrogens (tertiary/aromatic N) is 3. The van der Waals surface area contributed by atoms with Crippen LogP contribution in [0.4, 0.5) is 0 Å². The van der Waals surface area contributed by atoms with Crippen molar-refractivity contribution in [1.82, 2.24) is 9.91 Å². The first kappa shape index (κ1) is 17.2. The van der Waals surface area contributed by atoms with E-state index in [4.69, 9.17) is 23.2 Å². The molecule has 4 nitrogen and oxygen atoms in total. The van der Waals surface area contributed by atoms with Crippen molar-refractivity contribution in [2.24, 2.45) is 5.10 Å². The molecule has 1 aliphatic rings. The van der Waals surface area contributed by atoms with Gasteiger partial charge in [-0.05, 0) is 24.6 Å². The van der Waals surface area contributed by atoms with Gasteiger partial charge in [-0.25, -0.2) is 5.01 Å². The third-order valence-electron chi connectivity index (χ3n) is 3.07. The Morgan fingerprint density at radius 2 is 2.00 bits per heavy atom. The van der Waals surface area contributed by atoms with Crippen molar-refractivity contribution in [3.8, 4) is 0 Å². The fourth-order valence-corrected chi connectivity index (χ4v) is 3.47. The predicted molar refractivity (Wildman–Crippen MR) is 93.9 cm³/mol. The molecule has 118 valence electrons. The van der Waals surface area contributed by atoms with E-state index in [2.05, 4.69) is 5.10 Å². The second kappa shape index (κ2) is 6.94. The number of hydrazone groups is 1. The number of rotatable bonds is 4. The Morgan fingerprint density at radius 1 is 1.32 bits per heavy atom. The van der Waals surface area contributed by atoms with Gasteiger partial charge in [0.25, 0.3) is 5.91 Å². The molecule has 0 saturated carbocycles. The van der Waals surface area contributed by atoms with Crippen LogP contribution in [0.3, 0.4) is 0 Å². The summed E-state index contributed by atoms with van der Waals surface area (Å²) in [6.45, 7) is 1.94. The normalized spacial score (nSPS) is 16.5. The molecule has 0 spiro atoms. The van der Waals surface area contributed by atoms with Crippen molar-refractivity contribution in [3.63, 3.8) is 0 Å². The summed E-state index contributed by atoms with van der Waals surface area (Å²) < 4.78 is 0. The fourth-order valence-electron chi connectivity index (χ4n) is 1.96. The standard InChI is InChI=1S/C15H17Cl2N3OS/c1-9-5-14(12(17)6-11(9)16)22-8-13-10(7-19(2)3)15(21)20(4)18-13/h5-7H,8H2,1-4H3/b10-7-. The lowest BCUT2D eigenvalue weighted by atomic mass is 10.2. The van der Waals surface area contributed by atoms with Gasteiger partial charge in [-0.1, -0.05) is 23.2 Å². The monoisotopic (exact) mass is 357 g/mol. The Hall–Kier alpha value is -1.17. The van der Waals surface area contributed by atoms with Crippen LogP contribution in [0, 0.1) is 6.92 Å². The zero-order valence-electron chi connectivity index (χ0n) is 12.9. The Kier molecular flexibility index (Phi) is 5.42. The van der Waals surface area contributed by atoms with Gasteiger partial charge in [0.15, 0.2) is 0 Å². The third kappa shape index (κ3) is 3.77. The van der Waals surface area contributed by atoms with Gasteiger partial charge < -0.3 is 4.90 Å². The van der Waals surface area contributed by atoms with Crippen LogP contribution >= 0.6 is 35.0 Å². The number of carbonyl (C=O) groups excluding carboxylic acids is 1. The van der Waals surface area contributed by atoms with Crippen molar-refractivity contribution in [3.05, 3.63) is 39.5 Å². The first-order valence-electron chi connectivity index (χ1n) is 6.62. The molecule has 2 rings (SSSR count). The number of hydrogen-bond acceptors (Lipinski definition) is 4. The number of hydrogen-bond donors (Lipinski definition) is 0. The van der Waals surface area contributed by atoms with E-state index in [1.807, 2.05) is 32.0 Å². The van der Waals surface area contributed by atoms with E-state index in [1.165, 1.54) is 5.01 Å². The molecule has 1 heterocycles. The molecule has 1 amide bonds. The number of aryl methyl sites for hydroxylation is 1. The average molecular weight is 358 g/mol. The van der Waals surface area contributed by atoms with E-state index >= 15 is 0 Å². The van der Waals surface area contributed by atoms with Gasteiger partial charge in [0.1, 0.15) is 0 Å². The molecule has 0 aliphatic carbocycles. The van der Waals surface area contributed by atoms with Crippen LogP contribution in [0.5, 0.6) is 0 Å². The van der Waals surface area contributed by atoms with Gasteiger partial charge in [0, 0.05) is 43.0 Å². The van der Waals surface area contributed by atoms with Crippen LogP contribution < -0.4 is 0 Å². The maximum absolute atomic E-state index is 12.1. The molecule has 0 atom stereocenters. The van der Waals surface area contributed by atoms with Crippen LogP contribution in [0.2, 0.25) is 10.0 Å². The highest BCUT2D eigenvalue weighted by molar-refractivity contribution is 8.00. The molecule has 0 N–H and O–H groups in total. The Balaban J connectivity index is 2.19. The summed E-state index contributed by atoms with van der Waals surface area (Å²) in [6.07, 6.45) is 1.79. The van der Waals surface area contributed by atoms with Gasteiger partial charge in [0.05, 0.1) is 16.3 Å². The van der Waals surface area contributed by atoms with E-state index in [-0.39, 0.29) is 5.91 Å². The lowest BCUT2D eigenvalue weighted by molar-refractivity contribution is -0.124. The van der Waals surface area contributed by atoms with Crippen LogP contribution in [-0.4, -0.2) is 48.4 Å². The van der Waals surface area contributed by atoms with Crippen LogP contribution in [0.25, 0.3) is 0 Å². The van der Waals surface area contributed by atoms with Crippen LogP contribution in [0.15, 0.2) is 33.9 Å². The summed E-state index contributed by atoms with van der Waals surface area (Å²) in [6, 6.07) is 3.69. The summed E-state index contributed by atoms with van der Waals surface area (Å²) >= 11 is 13.8. The zero-order chi connectivity index (χ0) is 16.4. The summed E-state index contributed by atoms with van der Waals surface area (Å²) in [4.78, 5) is 14.9. The number of amides is 1. The van der Waals surface area contributed by atoms with Gasteiger partial charge >= 0.3 is 0 Å². The zero-order valence-corrected chi connectivity index (χ0v) is 15.2. The van der Waals surface area contributed by atoms with Gasteiger partial charge in [-0.3, -0.25) is 4.79 Å². The SMILES string of the molecule is Cc1cc(SCC2=NN(C)C(=O)/C2=C\N(C)C)c(Cl)cc1Cl. The molecule has 0 radical (unpaired) electrons. The van der Waals surface area contributed by atoms with Crippen molar-refractivity contribution in [1.29, 1.82) is 0 Å².